The summed E-state index contributed by atoms with van der Waals surface area (Å²) in [4.78, 5) is 27.6. The van der Waals surface area contributed by atoms with Crippen molar-refractivity contribution >= 4 is 39.1 Å². The number of rotatable bonds is 7. The van der Waals surface area contributed by atoms with Gasteiger partial charge in [-0.15, -0.1) is 11.3 Å². The highest BCUT2D eigenvalue weighted by molar-refractivity contribution is 7.99. The molecule has 0 saturated carbocycles. The maximum Gasteiger partial charge on any atom is 0.240 e. The van der Waals surface area contributed by atoms with Crippen molar-refractivity contribution in [3.8, 4) is 0 Å². The molecule has 4 aromatic rings. The molecule has 37 heavy (non-hydrogen) atoms. The number of carbonyl (C=O) groups is 1. The van der Waals surface area contributed by atoms with Crippen LogP contribution in [0.25, 0.3) is 10.1 Å². The lowest BCUT2D eigenvalue weighted by Crippen LogP contribution is -2.43. The van der Waals surface area contributed by atoms with Gasteiger partial charge in [-0.25, -0.2) is 18.7 Å². The van der Waals surface area contributed by atoms with Crippen LogP contribution < -0.4 is 0 Å². The maximum absolute atomic E-state index is 14.5. The number of likely N-dealkylation sites (N-methyl/N-ethyl adjacent to an activating group) is 1. The van der Waals surface area contributed by atoms with Gasteiger partial charge in [-0.05, 0) is 62.1 Å². The summed E-state index contributed by atoms with van der Waals surface area (Å²) in [6, 6.07) is 15.2. The Balaban J connectivity index is 1.36. The lowest BCUT2D eigenvalue weighted by molar-refractivity contribution is -0.135. The molecule has 2 aromatic carbocycles. The average molecular weight is 539 g/mol. The number of benzene rings is 2. The number of amides is 1. The van der Waals surface area contributed by atoms with Crippen LogP contribution in [-0.2, 0) is 17.9 Å². The Labute approximate surface area is 223 Å². The van der Waals surface area contributed by atoms with E-state index in [9.17, 15) is 13.6 Å². The fraction of sp³-hybridized carbons (Fsp3) is 0.321. The molecule has 3 heterocycles. The van der Waals surface area contributed by atoms with E-state index in [0.29, 0.717) is 24.7 Å². The molecule has 0 radical (unpaired) electrons. The van der Waals surface area contributed by atoms with Crippen LogP contribution in [-0.4, -0.2) is 50.6 Å². The quantitative estimate of drug-likeness (QED) is 0.271. The molecule has 0 N–H and O–H groups in total. The second-order valence-electron chi connectivity index (χ2n) is 9.53. The summed E-state index contributed by atoms with van der Waals surface area (Å²) in [5.74, 6) is -0.992. The summed E-state index contributed by atoms with van der Waals surface area (Å²) in [7, 11) is 1.81. The van der Waals surface area contributed by atoms with Gasteiger partial charge < -0.3 is 4.90 Å². The zero-order valence-electron chi connectivity index (χ0n) is 20.9. The number of thioether (sulfide) groups is 1. The van der Waals surface area contributed by atoms with E-state index in [-0.39, 0.29) is 23.3 Å². The lowest BCUT2D eigenvalue weighted by atomic mass is 10.1. The third kappa shape index (κ3) is 6.00. The summed E-state index contributed by atoms with van der Waals surface area (Å²) in [6.07, 6.45) is 0.577. The van der Waals surface area contributed by atoms with E-state index in [1.54, 1.807) is 35.0 Å². The standard InChI is InChI=1S/C28H28F2N4OS2/c1-17-10-18(2)32-28(31-17)37-23-13-25(34(16-23)14-20-11-21(29)8-9-24(20)30)27(35)33(3)15-22-12-19-6-4-5-7-26(19)36-22/h4-12,23,25H,13-16H2,1-3H3/t23-,25-/m0/s1. The van der Waals surface area contributed by atoms with Crippen molar-refractivity contribution in [1.82, 2.24) is 19.8 Å². The summed E-state index contributed by atoms with van der Waals surface area (Å²) < 4.78 is 29.6. The lowest BCUT2D eigenvalue weighted by Gasteiger charge is -2.27. The monoisotopic (exact) mass is 538 g/mol. The first-order valence-corrected chi connectivity index (χ1v) is 13.8. The van der Waals surface area contributed by atoms with Gasteiger partial charge in [-0.1, -0.05) is 30.0 Å². The van der Waals surface area contributed by atoms with E-state index in [4.69, 9.17) is 0 Å². The molecule has 5 rings (SSSR count). The molecular formula is C28H28F2N4OS2. The SMILES string of the molecule is Cc1cc(C)nc(S[C@H]2C[C@@H](C(=O)N(C)Cc3cc4ccccc4s3)N(Cc3cc(F)ccc3F)C2)n1. The van der Waals surface area contributed by atoms with Crippen molar-refractivity contribution in [3.05, 3.63) is 88.1 Å². The normalized spacial score (nSPS) is 18.0. The van der Waals surface area contributed by atoms with Gasteiger partial charge in [-0.2, -0.15) is 0 Å². The van der Waals surface area contributed by atoms with Crippen LogP contribution in [0.5, 0.6) is 0 Å². The molecule has 1 aliphatic heterocycles. The highest BCUT2D eigenvalue weighted by Gasteiger charge is 2.39. The molecule has 1 fully saturated rings. The number of halogens is 2. The Bertz CT molecular complexity index is 1390. The van der Waals surface area contributed by atoms with Crippen LogP contribution in [0.1, 0.15) is 28.2 Å². The van der Waals surface area contributed by atoms with Gasteiger partial charge in [0.25, 0.3) is 0 Å². The number of aryl methyl sites for hydroxylation is 2. The highest BCUT2D eigenvalue weighted by atomic mass is 32.2. The first kappa shape index (κ1) is 25.8. The summed E-state index contributed by atoms with van der Waals surface area (Å²) in [5.41, 5.74) is 2.03. The van der Waals surface area contributed by atoms with Crippen LogP contribution in [0.15, 0.2) is 59.8 Å². The number of likely N-dealkylation sites (tertiary alicyclic amines) is 1. The van der Waals surface area contributed by atoms with Crippen molar-refractivity contribution in [1.29, 1.82) is 0 Å². The van der Waals surface area contributed by atoms with Crippen LogP contribution >= 0.6 is 23.1 Å². The summed E-state index contributed by atoms with van der Waals surface area (Å²) in [5, 5.41) is 1.88. The summed E-state index contributed by atoms with van der Waals surface area (Å²) >= 11 is 3.22. The van der Waals surface area contributed by atoms with Gasteiger partial charge in [0, 0.05) is 51.9 Å². The minimum absolute atomic E-state index is 0.0290. The number of nitrogens with zero attached hydrogens (tertiary/aromatic N) is 4. The molecule has 192 valence electrons. The predicted octanol–water partition coefficient (Wildman–Crippen LogP) is 5.98. The molecule has 5 nitrogen and oxygen atoms in total. The minimum Gasteiger partial charge on any atom is -0.339 e. The Morgan fingerprint density at radius 3 is 2.62 bits per heavy atom. The zero-order chi connectivity index (χ0) is 26.1. The van der Waals surface area contributed by atoms with Crippen molar-refractivity contribution in [2.45, 2.75) is 49.8 Å². The van der Waals surface area contributed by atoms with Gasteiger partial charge in [0.15, 0.2) is 5.16 Å². The first-order valence-electron chi connectivity index (χ1n) is 12.1. The number of aromatic nitrogens is 2. The van der Waals surface area contributed by atoms with Crippen LogP contribution in [0.4, 0.5) is 8.78 Å². The molecule has 1 amide bonds. The van der Waals surface area contributed by atoms with E-state index >= 15 is 0 Å². The van der Waals surface area contributed by atoms with Gasteiger partial charge >= 0.3 is 0 Å². The molecule has 2 atom stereocenters. The fourth-order valence-corrected chi connectivity index (χ4v) is 7.19. The Morgan fingerprint density at radius 2 is 1.86 bits per heavy atom. The molecule has 2 aromatic heterocycles. The largest absolute Gasteiger partial charge is 0.339 e. The first-order chi connectivity index (χ1) is 17.7. The molecule has 1 aliphatic rings. The van der Waals surface area contributed by atoms with Gasteiger partial charge in [0.05, 0.1) is 12.6 Å². The summed E-state index contributed by atoms with van der Waals surface area (Å²) in [6.45, 7) is 5.06. The number of thiophene rings is 1. The molecule has 0 spiro atoms. The smallest absolute Gasteiger partial charge is 0.240 e. The van der Waals surface area contributed by atoms with Crippen LogP contribution in [0.3, 0.4) is 0 Å². The second-order valence-corrected chi connectivity index (χ2v) is 12.0. The number of hydrogen-bond donors (Lipinski definition) is 0. The van der Waals surface area contributed by atoms with Gasteiger partial charge in [0.2, 0.25) is 5.91 Å². The Kier molecular flexibility index (Phi) is 7.55. The minimum atomic E-state index is -0.491. The van der Waals surface area contributed by atoms with E-state index in [1.165, 1.54) is 10.8 Å². The molecule has 0 aliphatic carbocycles. The average Bonchev–Trinajstić information content (AvgIpc) is 3.43. The Morgan fingerprint density at radius 1 is 1.11 bits per heavy atom. The highest BCUT2D eigenvalue weighted by Crippen LogP contribution is 2.34. The van der Waals surface area contributed by atoms with E-state index in [0.717, 1.165) is 33.8 Å². The topological polar surface area (TPSA) is 49.3 Å². The molecule has 1 saturated heterocycles. The van der Waals surface area contributed by atoms with Crippen LogP contribution in [0, 0.1) is 25.5 Å². The van der Waals surface area contributed by atoms with Gasteiger partial charge in [0.1, 0.15) is 11.6 Å². The van der Waals surface area contributed by atoms with Gasteiger partial charge in [-0.3, -0.25) is 9.69 Å². The van der Waals surface area contributed by atoms with Crippen molar-refractivity contribution in [2.24, 2.45) is 0 Å². The van der Waals surface area contributed by atoms with Crippen molar-refractivity contribution < 1.29 is 13.6 Å². The third-order valence-corrected chi connectivity index (χ3v) is 8.68. The molecule has 0 bridgehead atoms. The Hall–Kier alpha value is -2.88. The third-order valence-electron chi connectivity index (χ3n) is 6.51. The number of carbonyl (C=O) groups excluding carboxylic acids is 1. The van der Waals surface area contributed by atoms with E-state index in [2.05, 4.69) is 28.2 Å². The molecule has 9 heteroatoms. The predicted molar refractivity (Wildman–Crippen MR) is 145 cm³/mol. The second kappa shape index (κ2) is 10.8. The zero-order valence-corrected chi connectivity index (χ0v) is 22.6. The van der Waals surface area contributed by atoms with Crippen molar-refractivity contribution in [2.75, 3.05) is 13.6 Å². The van der Waals surface area contributed by atoms with Crippen molar-refractivity contribution in [3.63, 3.8) is 0 Å². The number of fused-ring (bicyclic) bond motifs is 1. The van der Waals surface area contributed by atoms with E-state index < -0.39 is 17.7 Å². The molecule has 0 unspecified atom stereocenters. The molecular weight excluding hydrogens is 510 g/mol. The number of hydrogen-bond acceptors (Lipinski definition) is 6. The maximum atomic E-state index is 14.5. The van der Waals surface area contributed by atoms with Crippen LogP contribution in [0.2, 0.25) is 0 Å². The fourth-order valence-electron chi connectivity index (χ4n) is 4.84. The van der Waals surface area contributed by atoms with E-state index in [1.807, 2.05) is 36.9 Å².